The van der Waals surface area contributed by atoms with Gasteiger partial charge in [0.05, 0.1) is 12.2 Å². The lowest BCUT2D eigenvalue weighted by atomic mass is 10.0. The second kappa shape index (κ2) is 2.75. The van der Waals surface area contributed by atoms with E-state index in [1.807, 2.05) is 12.2 Å². The molecule has 0 aromatic carbocycles. The second-order valence-corrected chi connectivity index (χ2v) is 3.15. The molecule has 0 amide bonds. The molecule has 3 heteroatoms. The minimum absolute atomic E-state index is 0.120. The SMILES string of the molecule is O=C(O)C=C1CC2C=CC(C1)O2. The van der Waals surface area contributed by atoms with Crippen LogP contribution >= 0.6 is 0 Å². The highest BCUT2D eigenvalue weighted by molar-refractivity contribution is 5.80. The third-order valence-electron chi connectivity index (χ3n) is 2.14. The van der Waals surface area contributed by atoms with Gasteiger partial charge in [-0.2, -0.15) is 0 Å². The van der Waals surface area contributed by atoms with Crippen LogP contribution < -0.4 is 0 Å². The molecule has 2 bridgehead atoms. The molecule has 2 heterocycles. The monoisotopic (exact) mass is 166 g/mol. The quantitative estimate of drug-likeness (QED) is 0.469. The highest BCUT2D eigenvalue weighted by Gasteiger charge is 2.27. The van der Waals surface area contributed by atoms with Gasteiger partial charge in [-0.15, -0.1) is 0 Å². The van der Waals surface area contributed by atoms with Crippen LogP contribution in [0.2, 0.25) is 0 Å². The molecule has 0 aromatic rings. The molecule has 0 aliphatic carbocycles. The minimum Gasteiger partial charge on any atom is -0.478 e. The van der Waals surface area contributed by atoms with E-state index in [0.717, 1.165) is 18.4 Å². The Morgan fingerprint density at radius 1 is 1.50 bits per heavy atom. The number of ether oxygens (including phenoxy) is 1. The Morgan fingerprint density at radius 3 is 2.58 bits per heavy atom. The van der Waals surface area contributed by atoms with Crippen LogP contribution in [0.15, 0.2) is 23.8 Å². The van der Waals surface area contributed by atoms with Crippen molar-refractivity contribution in [1.29, 1.82) is 0 Å². The lowest BCUT2D eigenvalue weighted by Gasteiger charge is -2.22. The summed E-state index contributed by atoms with van der Waals surface area (Å²) in [6, 6.07) is 0. The largest absolute Gasteiger partial charge is 0.478 e. The number of rotatable bonds is 1. The molecular formula is C9H10O3. The van der Waals surface area contributed by atoms with Crippen molar-refractivity contribution in [3.8, 4) is 0 Å². The lowest BCUT2D eigenvalue weighted by Crippen LogP contribution is -2.20. The van der Waals surface area contributed by atoms with Crippen molar-refractivity contribution in [1.82, 2.24) is 0 Å². The van der Waals surface area contributed by atoms with Gasteiger partial charge in [0.2, 0.25) is 0 Å². The molecule has 2 unspecified atom stereocenters. The Bertz CT molecular complexity index is 249. The molecule has 0 spiro atoms. The first kappa shape index (κ1) is 7.55. The Kier molecular flexibility index (Phi) is 1.73. The maximum absolute atomic E-state index is 10.4. The number of hydrogen-bond acceptors (Lipinski definition) is 2. The summed E-state index contributed by atoms with van der Waals surface area (Å²) < 4.78 is 5.46. The van der Waals surface area contributed by atoms with E-state index in [1.54, 1.807) is 0 Å². The fourth-order valence-corrected chi connectivity index (χ4v) is 1.69. The summed E-state index contributed by atoms with van der Waals surface area (Å²) in [6.45, 7) is 0. The van der Waals surface area contributed by atoms with Gasteiger partial charge in [0.1, 0.15) is 0 Å². The zero-order valence-electron chi connectivity index (χ0n) is 6.56. The van der Waals surface area contributed by atoms with Crippen LogP contribution in [0, 0.1) is 0 Å². The fourth-order valence-electron chi connectivity index (χ4n) is 1.69. The third-order valence-corrected chi connectivity index (χ3v) is 2.14. The van der Waals surface area contributed by atoms with E-state index in [1.165, 1.54) is 6.08 Å². The van der Waals surface area contributed by atoms with Crippen LogP contribution in [-0.2, 0) is 9.53 Å². The number of carboxylic acid groups (broad SMARTS) is 1. The van der Waals surface area contributed by atoms with Crippen molar-refractivity contribution in [2.45, 2.75) is 25.0 Å². The topological polar surface area (TPSA) is 46.5 Å². The Balaban J connectivity index is 2.10. The second-order valence-electron chi connectivity index (χ2n) is 3.15. The van der Waals surface area contributed by atoms with Crippen molar-refractivity contribution < 1.29 is 14.6 Å². The molecule has 0 radical (unpaired) electrons. The summed E-state index contributed by atoms with van der Waals surface area (Å²) in [5.74, 6) is -0.855. The van der Waals surface area contributed by atoms with Crippen molar-refractivity contribution in [3.63, 3.8) is 0 Å². The van der Waals surface area contributed by atoms with Gasteiger partial charge in [-0.25, -0.2) is 4.79 Å². The van der Waals surface area contributed by atoms with Crippen molar-refractivity contribution in [2.24, 2.45) is 0 Å². The van der Waals surface area contributed by atoms with Gasteiger partial charge in [0.25, 0.3) is 0 Å². The Hall–Kier alpha value is -1.09. The third kappa shape index (κ3) is 1.41. The molecule has 2 rings (SSSR count). The van der Waals surface area contributed by atoms with Gasteiger partial charge in [-0.3, -0.25) is 0 Å². The zero-order chi connectivity index (χ0) is 8.55. The molecule has 2 aliphatic heterocycles. The smallest absolute Gasteiger partial charge is 0.328 e. The van der Waals surface area contributed by atoms with Crippen molar-refractivity contribution in [3.05, 3.63) is 23.8 Å². The lowest BCUT2D eigenvalue weighted by molar-refractivity contribution is -0.131. The average Bonchev–Trinajstić information content (AvgIpc) is 2.29. The Morgan fingerprint density at radius 2 is 2.08 bits per heavy atom. The molecule has 1 N–H and O–H groups in total. The molecule has 1 fully saturated rings. The van der Waals surface area contributed by atoms with Gasteiger partial charge < -0.3 is 9.84 Å². The highest BCUT2D eigenvalue weighted by atomic mass is 16.5. The molecule has 2 atom stereocenters. The highest BCUT2D eigenvalue weighted by Crippen LogP contribution is 2.30. The van der Waals surface area contributed by atoms with E-state index in [0.29, 0.717) is 0 Å². The summed E-state index contributed by atoms with van der Waals surface area (Å²) in [5.41, 5.74) is 0.980. The van der Waals surface area contributed by atoms with Crippen molar-refractivity contribution >= 4 is 5.97 Å². The van der Waals surface area contributed by atoms with E-state index < -0.39 is 5.97 Å². The van der Waals surface area contributed by atoms with Crippen molar-refractivity contribution in [2.75, 3.05) is 0 Å². The first-order valence-corrected chi connectivity index (χ1v) is 4.00. The maximum atomic E-state index is 10.4. The molecule has 1 saturated heterocycles. The van der Waals surface area contributed by atoms with Crippen LogP contribution in [0.1, 0.15) is 12.8 Å². The van der Waals surface area contributed by atoms with Gasteiger partial charge in [0, 0.05) is 6.08 Å². The number of aliphatic carboxylic acids is 1. The van der Waals surface area contributed by atoms with Crippen LogP contribution in [0.4, 0.5) is 0 Å². The maximum Gasteiger partial charge on any atom is 0.328 e. The summed E-state index contributed by atoms with van der Waals surface area (Å²) in [4.78, 5) is 10.4. The van der Waals surface area contributed by atoms with E-state index in [-0.39, 0.29) is 12.2 Å². The zero-order valence-corrected chi connectivity index (χ0v) is 6.56. The van der Waals surface area contributed by atoms with Crippen LogP contribution in [-0.4, -0.2) is 23.3 Å². The molecule has 12 heavy (non-hydrogen) atoms. The van der Waals surface area contributed by atoms with E-state index >= 15 is 0 Å². The molecule has 0 saturated carbocycles. The standard InChI is InChI=1S/C9H10O3/c10-9(11)5-6-3-7-1-2-8(4-6)12-7/h1-2,5,7-8H,3-4H2,(H,10,11). The summed E-state index contributed by atoms with van der Waals surface area (Å²) >= 11 is 0. The summed E-state index contributed by atoms with van der Waals surface area (Å²) in [5, 5.41) is 8.52. The van der Waals surface area contributed by atoms with E-state index in [4.69, 9.17) is 9.84 Å². The van der Waals surface area contributed by atoms with Gasteiger partial charge in [-0.05, 0) is 12.8 Å². The predicted molar refractivity (Wildman–Crippen MR) is 42.8 cm³/mol. The number of hydrogen-bond donors (Lipinski definition) is 1. The predicted octanol–water partition coefficient (Wildman–Crippen LogP) is 1.11. The van der Waals surface area contributed by atoms with E-state index in [9.17, 15) is 4.79 Å². The van der Waals surface area contributed by atoms with E-state index in [2.05, 4.69) is 0 Å². The first-order valence-electron chi connectivity index (χ1n) is 4.00. The number of fused-ring (bicyclic) bond motifs is 2. The molecule has 0 aromatic heterocycles. The Labute approximate surface area is 70.3 Å². The van der Waals surface area contributed by atoms with Gasteiger partial charge in [0.15, 0.2) is 0 Å². The summed E-state index contributed by atoms with van der Waals surface area (Å²) in [7, 11) is 0. The van der Waals surface area contributed by atoms with Gasteiger partial charge >= 0.3 is 5.97 Å². The number of carboxylic acids is 1. The first-order chi connectivity index (χ1) is 5.74. The fraction of sp³-hybridized carbons (Fsp3) is 0.444. The number of carbonyl (C=O) groups is 1. The summed E-state index contributed by atoms with van der Waals surface area (Å²) in [6.07, 6.45) is 7.03. The molecule has 3 nitrogen and oxygen atoms in total. The van der Waals surface area contributed by atoms with Crippen LogP contribution in [0.5, 0.6) is 0 Å². The molecule has 2 aliphatic rings. The molecular weight excluding hydrogens is 156 g/mol. The van der Waals surface area contributed by atoms with Crippen LogP contribution in [0.25, 0.3) is 0 Å². The average molecular weight is 166 g/mol. The minimum atomic E-state index is -0.855. The van der Waals surface area contributed by atoms with Crippen LogP contribution in [0.3, 0.4) is 0 Å². The molecule has 64 valence electrons. The van der Waals surface area contributed by atoms with Gasteiger partial charge in [-0.1, -0.05) is 17.7 Å². The normalized spacial score (nSPS) is 32.2.